The topological polar surface area (TPSA) is 90.8 Å². The Morgan fingerprint density at radius 2 is 2.04 bits per heavy atom. The molecule has 0 spiro atoms. The van der Waals surface area contributed by atoms with Crippen LogP contribution in [0.3, 0.4) is 0 Å². The van der Waals surface area contributed by atoms with Crippen LogP contribution in [0, 0.1) is 6.92 Å². The first-order valence-electron chi connectivity index (χ1n) is 7.71. The van der Waals surface area contributed by atoms with Crippen molar-refractivity contribution in [2.45, 2.75) is 18.6 Å². The molecule has 0 bridgehead atoms. The van der Waals surface area contributed by atoms with E-state index in [4.69, 9.17) is 0 Å². The van der Waals surface area contributed by atoms with Crippen molar-refractivity contribution in [1.29, 1.82) is 0 Å². The number of rotatable bonds is 4. The number of amidine groups is 1. The Bertz CT molecular complexity index is 834. The smallest absolute Gasteiger partial charge is 0.240 e. The number of aromatic hydroxyl groups is 1. The SMILES string of the molecule is Cc1ccc(NC(=O)C[C@@H]2SC(=Nc3cccc(O)c3)NC2=O)cc1. The molecule has 7 heteroatoms. The standard InChI is InChI=1S/C18H17N3O3S/c1-11-5-7-12(8-6-11)19-16(23)10-15-17(24)21-18(25-15)20-13-3-2-4-14(22)9-13/h2-9,15,22H,10H2,1H3,(H,19,23)(H,20,21,24)/t15-/m0/s1. The van der Waals surface area contributed by atoms with Crippen molar-refractivity contribution in [3.63, 3.8) is 0 Å². The molecule has 0 aliphatic carbocycles. The highest BCUT2D eigenvalue weighted by Crippen LogP contribution is 2.26. The number of aryl methyl sites for hydroxylation is 1. The van der Waals surface area contributed by atoms with Gasteiger partial charge in [0.1, 0.15) is 11.0 Å². The van der Waals surface area contributed by atoms with Crippen molar-refractivity contribution in [2.24, 2.45) is 4.99 Å². The van der Waals surface area contributed by atoms with E-state index < -0.39 is 5.25 Å². The zero-order valence-corrected chi connectivity index (χ0v) is 14.3. The van der Waals surface area contributed by atoms with E-state index in [2.05, 4.69) is 15.6 Å². The monoisotopic (exact) mass is 355 g/mol. The predicted octanol–water partition coefficient (Wildman–Crippen LogP) is 2.95. The number of phenolic OH excluding ortho intramolecular Hbond substituents is 1. The number of benzene rings is 2. The Kier molecular flexibility index (Phi) is 5.04. The molecule has 1 heterocycles. The average molecular weight is 355 g/mol. The van der Waals surface area contributed by atoms with Crippen LogP contribution >= 0.6 is 11.8 Å². The number of carbonyl (C=O) groups is 2. The van der Waals surface area contributed by atoms with Gasteiger partial charge in [0.15, 0.2) is 5.17 Å². The van der Waals surface area contributed by atoms with Crippen LogP contribution in [-0.2, 0) is 9.59 Å². The van der Waals surface area contributed by atoms with E-state index >= 15 is 0 Å². The minimum absolute atomic E-state index is 0.0590. The highest BCUT2D eigenvalue weighted by Gasteiger charge is 2.32. The predicted molar refractivity (Wildman–Crippen MR) is 99.1 cm³/mol. The molecule has 128 valence electrons. The van der Waals surface area contributed by atoms with Crippen molar-refractivity contribution in [3.8, 4) is 5.75 Å². The van der Waals surface area contributed by atoms with Gasteiger partial charge in [0, 0.05) is 18.2 Å². The number of nitrogens with zero attached hydrogens (tertiary/aromatic N) is 1. The summed E-state index contributed by atoms with van der Waals surface area (Å²) in [5.41, 5.74) is 2.34. The van der Waals surface area contributed by atoms with E-state index in [0.717, 1.165) is 5.56 Å². The number of thioether (sulfide) groups is 1. The molecule has 6 nitrogen and oxygen atoms in total. The molecule has 1 fully saturated rings. The quantitative estimate of drug-likeness (QED) is 0.786. The molecule has 1 saturated heterocycles. The van der Waals surface area contributed by atoms with Crippen LogP contribution in [0.15, 0.2) is 53.5 Å². The second kappa shape index (κ2) is 7.40. The van der Waals surface area contributed by atoms with Crippen molar-refractivity contribution in [2.75, 3.05) is 5.32 Å². The number of hydrogen-bond acceptors (Lipinski definition) is 5. The third kappa shape index (κ3) is 4.60. The number of aliphatic imine (C=N–C) groups is 1. The van der Waals surface area contributed by atoms with E-state index in [1.807, 2.05) is 31.2 Å². The van der Waals surface area contributed by atoms with E-state index in [9.17, 15) is 14.7 Å². The van der Waals surface area contributed by atoms with Crippen LogP contribution in [0.1, 0.15) is 12.0 Å². The van der Waals surface area contributed by atoms with Gasteiger partial charge < -0.3 is 15.7 Å². The van der Waals surface area contributed by atoms with Gasteiger partial charge in [-0.1, -0.05) is 35.5 Å². The molecule has 0 radical (unpaired) electrons. The molecule has 0 unspecified atom stereocenters. The number of carbonyl (C=O) groups excluding carboxylic acids is 2. The van der Waals surface area contributed by atoms with E-state index in [0.29, 0.717) is 16.5 Å². The van der Waals surface area contributed by atoms with Crippen LogP contribution < -0.4 is 10.6 Å². The summed E-state index contributed by atoms with van der Waals surface area (Å²) < 4.78 is 0. The summed E-state index contributed by atoms with van der Waals surface area (Å²) in [6.45, 7) is 1.97. The Balaban J connectivity index is 1.61. The van der Waals surface area contributed by atoms with Crippen LogP contribution in [0.4, 0.5) is 11.4 Å². The lowest BCUT2D eigenvalue weighted by Gasteiger charge is -2.07. The maximum absolute atomic E-state index is 12.1. The molecule has 2 amide bonds. The van der Waals surface area contributed by atoms with Gasteiger partial charge in [-0.05, 0) is 31.2 Å². The second-order valence-electron chi connectivity index (χ2n) is 5.65. The van der Waals surface area contributed by atoms with E-state index in [1.54, 1.807) is 18.2 Å². The molecule has 1 aliphatic rings. The minimum atomic E-state index is -0.526. The highest BCUT2D eigenvalue weighted by molar-refractivity contribution is 8.15. The maximum Gasteiger partial charge on any atom is 0.240 e. The number of phenols is 1. The lowest BCUT2D eigenvalue weighted by molar-refractivity contribution is -0.122. The van der Waals surface area contributed by atoms with Gasteiger partial charge in [-0.25, -0.2) is 4.99 Å². The van der Waals surface area contributed by atoms with Crippen molar-refractivity contribution in [3.05, 3.63) is 54.1 Å². The molecule has 0 aromatic heterocycles. The lowest BCUT2D eigenvalue weighted by Crippen LogP contribution is -2.28. The van der Waals surface area contributed by atoms with Crippen molar-refractivity contribution in [1.82, 2.24) is 5.32 Å². The van der Waals surface area contributed by atoms with Gasteiger partial charge >= 0.3 is 0 Å². The first-order valence-corrected chi connectivity index (χ1v) is 8.59. The van der Waals surface area contributed by atoms with Gasteiger partial charge in [0.05, 0.1) is 5.69 Å². The Morgan fingerprint density at radius 3 is 2.76 bits per heavy atom. The first-order chi connectivity index (χ1) is 12.0. The molecular weight excluding hydrogens is 338 g/mol. The molecule has 0 saturated carbocycles. The maximum atomic E-state index is 12.1. The van der Waals surface area contributed by atoms with Crippen LogP contribution in [0.5, 0.6) is 5.75 Å². The summed E-state index contributed by atoms with van der Waals surface area (Å²) >= 11 is 1.21. The van der Waals surface area contributed by atoms with Gasteiger partial charge in [-0.2, -0.15) is 0 Å². The third-order valence-corrected chi connectivity index (χ3v) is 4.62. The zero-order valence-electron chi connectivity index (χ0n) is 13.5. The number of anilines is 1. The summed E-state index contributed by atoms with van der Waals surface area (Å²) in [5.74, 6) is -0.372. The van der Waals surface area contributed by atoms with Crippen LogP contribution in [0.25, 0.3) is 0 Å². The molecule has 2 aromatic carbocycles. The molecule has 3 rings (SSSR count). The fourth-order valence-corrected chi connectivity index (χ4v) is 3.28. The molecular formula is C18H17N3O3S. The number of hydrogen-bond donors (Lipinski definition) is 3. The van der Waals surface area contributed by atoms with Gasteiger partial charge in [0.2, 0.25) is 11.8 Å². The fourth-order valence-electron chi connectivity index (χ4n) is 2.29. The highest BCUT2D eigenvalue weighted by atomic mass is 32.2. The molecule has 25 heavy (non-hydrogen) atoms. The van der Waals surface area contributed by atoms with E-state index in [-0.39, 0.29) is 24.0 Å². The molecule has 2 aromatic rings. The normalized spacial score (nSPS) is 18.2. The molecule has 1 aliphatic heterocycles. The van der Waals surface area contributed by atoms with Crippen LogP contribution in [0.2, 0.25) is 0 Å². The van der Waals surface area contributed by atoms with Crippen molar-refractivity contribution >= 4 is 40.1 Å². The van der Waals surface area contributed by atoms with Crippen LogP contribution in [-0.4, -0.2) is 27.3 Å². The van der Waals surface area contributed by atoms with E-state index in [1.165, 1.54) is 17.8 Å². The third-order valence-electron chi connectivity index (χ3n) is 3.54. The Morgan fingerprint density at radius 1 is 1.28 bits per heavy atom. The Hall–Kier alpha value is -2.80. The van der Waals surface area contributed by atoms with Gasteiger partial charge in [0.25, 0.3) is 0 Å². The largest absolute Gasteiger partial charge is 0.508 e. The first kappa shape index (κ1) is 17.0. The minimum Gasteiger partial charge on any atom is -0.508 e. The van der Waals surface area contributed by atoms with Gasteiger partial charge in [-0.15, -0.1) is 0 Å². The second-order valence-corrected chi connectivity index (χ2v) is 6.84. The summed E-state index contributed by atoms with van der Waals surface area (Å²) in [4.78, 5) is 28.4. The number of nitrogens with one attached hydrogen (secondary N) is 2. The molecule has 1 atom stereocenters. The molecule has 3 N–H and O–H groups in total. The Labute approximate surface area is 149 Å². The summed E-state index contributed by atoms with van der Waals surface area (Å²) in [6, 6.07) is 13.9. The summed E-state index contributed by atoms with van der Waals surface area (Å²) in [7, 11) is 0. The fraction of sp³-hybridized carbons (Fsp3) is 0.167. The summed E-state index contributed by atoms with van der Waals surface area (Å²) in [5, 5.41) is 14.8. The van der Waals surface area contributed by atoms with Crippen molar-refractivity contribution < 1.29 is 14.7 Å². The van der Waals surface area contributed by atoms with Gasteiger partial charge in [-0.3, -0.25) is 9.59 Å². The summed E-state index contributed by atoms with van der Waals surface area (Å²) in [6.07, 6.45) is 0.0590. The lowest BCUT2D eigenvalue weighted by atomic mass is 10.2. The number of amides is 2. The zero-order chi connectivity index (χ0) is 17.8. The average Bonchev–Trinajstić information content (AvgIpc) is 2.89.